The molecule has 12 aromatic rings. The van der Waals surface area contributed by atoms with Crippen LogP contribution in [-0.2, 0) is 0 Å². The Bertz CT molecular complexity index is 3610. The highest BCUT2D eigenvalue weighted by molar-refractivity contribution is 7.26. The van der Waals surface area contributed by atoms with Crippen LogP contribution >= 0.6 is 11.3 Å². The highest BCUT2D eigenvalue weighted by Gasteiger charge is 2.19. The van der Waals surface area contributed by atoms with Crippen molar-refractivity contribution < 1.29 is 0 Å². The first-order valence-corrected chi connectivity index (χ1v) is 21.4. The molecule has 0 fully saturated rings. The molecule has 3 nitrogen and oxygen atoms in total. The minimum Gasteiger partial charge on any atom is -0.246 e. The van der Waals surface area contributed by atoms with Gasteiger partial charge in [-0.2, -0.15) is 0 Å². The molecule has 0 bridgehead atoms. The van der Waals surface area contributed by atoms with Gasteiger partial charge in [-0.05, 0) is 68.1 Å². The fourth-order valence-electron chi connectivity index (χ4n) is 8.86. The van der Waals surface area contributed by atoms with E-state index >= 15 is 0 Å². The van der Waals surface area contributed by atoms with Crippen LogP contribution in [0.4, 0.5) is 0 Å². The third-order valence-electron chi connectivity index (χ3n) is 11.9. The van der Waals surface area contributed by atoms with Crippen LogP contribution in [0.2, 0.25) is 0 Å². The van der Waals surface area contributed by atoms with Crippen molar-refractivity contribution in [1.82, 2.24) is 15.0 Å². The van der Waals surface area contributed by atoms with Gasteiger partial charge in [0.15, 0.2) is 5.82 Å². The Morgan fingerprint density at radius 1 is 0.328 bits per heavy atom. The van der Waals surface area contributed by atoms with Gasteiger partial charge in [0.2, 0.25) is 0 Å². The maximum Gasteiger partial charge on any atom is 0.160 e. The first-order chi connectivity index (χ1) is 30.2. The summed E-state index contributed by atoms with van der Waals surface area (Å²) in [4.78, 5) is 15.8. The van der Waals surface area contributed by atoms with Gasteiger partial charge < -0.3 is 0 Å². The molecule has 0 saturated heterocycles. The molecule has 0 saturated carbocycles. The summed E-state index contributed by atoms with van der Waals surface area (Å²) in [5, 5.41) is 8.63. The largest absolute Gasteiger partial charge is 0.246 e. The number of benzene rings is 9. The molecular formula is C57H35N3S. The van der Waals surface area contributed by atoms with Crippen molar-refractivity contribution in [1.29, 1.82) is 0 Å². The third kappa shape index (κ3) is 6.16. The van der Waals surface area contributed by atoms with Crippen molar-refractivity contribution in [3.63, 3.8) is 0 Å². The first kappa shape index (κ1) is 35.2. The second-order valence-corrected chi connectivity index (χ2v) is 16.6. The Labute approximate surface area is 356 Å². The van der Waals surface area contributed by atoms with Crippen LogP contribution in [0.15, 0.2) is 212 Å². The molecular weight excluding hydrogens is 759 g/mol. The van der Waals surface area contributed by atoms with Gasteiger partial charge in [-0.1, -0.05) is 188 Å². The van der Waals surface area contributed by atoms with Gasteiger partial charge in [-0.15, -0.1) is 11.3 Å². The van der Waals surface area contributed by atoms with Crippen molar-refractivity contribution in [2.45, 2.75) is 0 Å². The number of rotatable bonds is 6. The van der Waals surface area contributed by atoms with Crippen molar-refractivity contribution in [2.75, 3.05) is 0 Å². The number of hydrogen-bond donors (Lipinski definition) is 0. The molecule has 0 aliphatic rings. The average Bonchev–Trinajstić information content (AvgIpc) is 3.74. The van der Waals surface area contributed by atoms with E-state index in [2.05, 4.69) is 188 Å². The maximum absolute atomic E-state index is 5.57. The van der Waals surface area contributed by atoms with E-state index in [0.29, 0.717) is 5.82 Å². The summed E-state index contributed by atoms with van der Waals surface area (Å²) in [5.74, 6) is 0.701. The fourth-order valence-corrected chi connectivity index (χ4v) is 10.1. The highest BCUT2D eigenvalue weighted by atomic mass is 32.1. The van der Waals surface area contributed by atoms with Gasteiger partial charge in [-0.3, -0.25) is 0 Å². The second kappa shape index (κ2) is 14.5. The molecule has 0 radical (unpaired) electrons. The van der Waals surface area contributed by atoms with Crippen LogP contribution in [0.5, 0.6) is 0 Å². The van der Waals surface area contributed by atoms with Crippen molar-refractivity contribution in [2.24, 2.45) is 0 Å². The third-order valence-corrected chi connectivity index (χ3v) is 13.1. The lowest BCUT2D eigenvalue weighted by atomic mass is 9.94. The molecule has 0 aliphatic carbocycles. The van der Waals surface area contributed by atoms with Gasteiger partial charge in [0.25, 0.3) is 0 Å². The zero-order valence-electron chi connectivity index (χ0n) is 33.0. The zero-order valence-corrected chi connectivity index (χ0v) is 33.8. The van der Waals surface area contributed by atoms with E-state index in [4.69, 9.17) is 15.0 Å². The zero-order chi connectivity index (χ0) is 40.3. The number of fused-ring (bicyclic) bond motifs is 8. The minimum absolute atomic E-state index is 0.701. The molecule has 0 unspecified atom stereocenters. The number of aromatic nitrogens is 3. The lowest BCUT2D eigenvalue weighted by molar-refractivity contribution is 1.18. The van der Waals surface area contributed by atoms with Crippen molar-refractivity contribution in [3.8, 4) is 67.4 Å². The van der Waals surface area contributed by atoms with Gasteiger partial charge in [0.05, 0.1) is 27.3 Å². The van der Waals surface area contributed by atoms with E-state index in [9.17, 15) is 0 Å². The number of thiophene rings is 1. The Kier molecular flexibility index (Phi) is 8.36. The molecule has 12 rings (SSSR count). The molecule has 4 heteroatoms. The van der Waals surface area contributed by atoms with Crippen LogP contribution in [0.3, 0.4) is 0 Å². The monoisotopic (exact) mass is 793 g/mol. The minimum atomic E-state index is 0.701. The molecule has 284 valence electrons. The quantitative estimate of drug-likeness (QED) is 0.157. The summed E-state index contributed by atoms with van der Waals surface area (Å²) in [6.07, 6.45) is 0. The van der Waals surface area contributed by atoms with E-state index in [1.54, 1.807) is 0 Å². The van der Waals surface area contributed by atoms with E-state index in [-0.39, 0.29) is 0 Å². The van der Waals surface area contributed by atoms with Gasteiger partial charge in [0, 0.05) is 43.1 Å². The average molecular weight is 794 g/mol. The predicted octanol–water partition coefficient (Wildman–Crippen LogP) is 15.7. The lowest BCUT2D eigenvalue weighted by Crippen LogP contribution is -1.96. The van der Waals surface area contributed by atoms with E-state index in [0.717, 1.165) is 56.0 Å². The van der Waals surface area contributed by atoms with Gasteiger partial charge in [-0.25, -0.2) is 15.0 Å². The lowest BCUT2D eigenvalue weighted by Gasteiger charge is -2.13. The molecule has 0 aliphatic heterocycles. The Morgan fingerprint density at radius 2 is 0.852 bits per heavy atom. The van der Waals surface area contributed by atoms with E-state index in [1.807, 2.05) is 35.6 Å². The standard InChI is InChI=1S/C57H35N3S/c1-3-13-36(14-4-1)37-23-27-39(28-24-37)50-35-51(60-57(59-50)41-15-5-2-6-16-41)40-29-25-38(26-30-40)42-31-32-47-52(34-42)58-55(56-54(47)48-21-11-12-22-53(48)61-56)49-33-43-17-7-8-18-44(43)45-19-9-10-20-46(45)49/h1-35H. The molecule has 0 N–H and O–H groups in total. The Morgan fingerprint density at radius 3 is 1.56 bits per heavy atom. The van der Waals surface area contributed by atoms with Crippen molar-refractivity contribution >= 4 is 64.0 Å². The van der Waals surface area contributed by atoms with Gasteiger partial charge >= 0.3 is 0 Å². The smallest absolute Gasteiger partial charge is 0.160 e. The number of pyridine rings is 1. The highest BCUT2D eigenvalue weighted by Crippen LogP contribution is 2.46. The maximum atomic E-state index is 5.57. The predicted molar refractivity (Wildman–Crippen MR) is 258 cm³/mol. The summed E-state index contributed by atoms with van der Waals surface area (Å²) in [6, 6.07) is 75.5. The molecule has 3 aromatic heterocycles. The topological polar surface area (TPSA) is 38.7 Å². The molecule has 3 heterocycles. The normalized spacial score (nSPS) is 11.6. The molecule has 0 amide bonds. The summed E-state index contributed by atoms with van der Waals surface area (Å²) in [6.45, 7) is 0. The van der Waals surface area contributed by atoms with Crippen LogP contribution in [-0.4, -0.2) is 15.0 Å². The van der Waals surface area contributed by atoms with Crippen molar-refractivity contribution in [3.05, 3.63) is 212 Å². The first-order valence-electron chi connectivity index (χ1n) is 20.6. The molecule has 0 atom stereocenters. The number of hydrogen-bond acceptors (Lipinski definition) is 4. The van der Waals surface area contributed by atoms with E-state index in [1.165, 1.54) is 58.2 Å². The summed E-state index contributed by atoms with van der Waals surface area (Å²) in [7, 11) is 0. The van der Waals surface area contributed by atoms with Crippen LogP contribution in [0.25, 0.3) is 120 Å². The van der Waals surface area contributed by atoms with E-state index < -0.39 is 0 Å². The summed E-state index contributed by atoms with van der Waals surface area (Å²) >= 11 is 1.84. The Balaban J connectivity index is 0.972. The molecule has 0 spiro atoms. The molecule has 9 aromatic carbocycles. The Hall–Kier alpha value is -7.79. The SMILES string of the molecule is c1ccc(-c2ccc(-c3cc(-c4ccc(-c5ccc6c(c5)nc(-c5cc7ccccc7c7ccccc57)c5sc7ccccc7c56)cc4)nc(-c4ccccc4)n3)cc2)cc1. The second-order valence-electron chi connectivity index (χ2n) is 15.5. The molecule has 61 heavy (non-hydrogen) atoms. The summed E-state index contributed by atoms with van der Waals surface area (Å²) < 4.78 is 2.49. The van der Waals surface area contributed by atoms with Crippen LogP contribution in [0, 0.1) is 0 Å². The van der Waals surface area contributed by atoms with Crippen LogP contribution < -0.4 is 0 Å². The fraction of sp³-hybridized carbons (Fsp3) is 0. The summed E-state index contributed by atoms with van der Waals surface area (Å²) in [5.41, 5.74) is 12.6. The van der Waals surface area contributed by atoms with Crippen LogP contribution in [0.1, 0.15) is 0 Å². The van der Waals surface area contributed by atoms with Gasteiger partial charge in [0.1, 0.15) is 0 Å². The number of nitrogens with zero attached hydrogens (tertiary/aromatic N) is 3.